The first kappa shape index (κ1) is 11.4. The average molecular weight is 242 g/mol. The van der Waals surface area contributed by atoms with Gasteiger partial charge in [0.25, 0.3) is 0 Å². The molecule has 0 saturated carbocycles. The molecule has 1 fully saturated rings. The van der Waals surface area contributed by atoms with Gasteiger partial charge in [0, 0.05) is 12.6 Å². The Labute approximate surface area is 107 Å². The number of rotatable bonds is 2. The van der Waals surface area contributed by atoms with Crippen LogP contribution >= 0.6 is 0 Å². The number of fused-ring (bicyclic) bond motifs is 1. The van der Waals surface area contributed by atoms with Crippen LogP contribution in [0, 0.1) is 5.92 Å². The zero-order chi connectivity index (χ0) is 12.5. The Balaban J connectivity index is 1.94. The van der Waals surface area contributed by atoms with Crippen molar-refractivity contribution >= 4 is 16.9 Å². The maximum absolute atomic E-state index is 5.76. The van der Waals surface area contributed by atoms with Crippen molar-refractivity contribution in [2.24, 2.45) is 11.7 Å². The Morgan fingerprint density at radius 2 is 2.11 bits per heavy atom. The third kappa shape index (κ3) is 1.93. The summed E-state index contributed by atoms with van der Waals surface area (Å²) in [6, 6.07) is 8.47. The van der Waals surface area contributed by atoms with E-state index in [1.807, 2.05) is 30.5 Å². The smallest absolute Gasteiger partial charge is 0.148 e. The molecule has 0 aliphatic carbocycles. The molecule has 0 amide bonds. The topological polar surface area (TPSA) is 55.0 Å². The van der Waals surface area contributed by atoms with Crippen LogP contribution in [0.4, 0.5) is 5.82 Å². The summed E-state index contributed by atoms with van der Waals surface area (Å²) in [6.07, 6.45) is 3.02. The van der Waals surface area contributed by atoms with Gasteiger partial charge in [-0.05, 0) is 37.9 Å². The van der Waals surface area contributed by atoms with Crippen LogP contribution in [0.25, 0.3) is 11.0 Å². The predicted octanol–water partition coefficient (Wildman–Crippen LogP) is 1.80. The van der Waals surface area contributed by atoms with Crippen LogP contribution in [-0.4, -0.2) is 29.1 Å². The Hall–Kier alpha value is -1.68. The number of benzene rings is 1. The molecule has 3 rings (SSSR count). The zero-order valence-corrected chi connectivity index (χ0v) is 10.6. The maximum Gasteiger partial charge on any atom is 0.148 e. The fraction of sp³-hybridized carbons (Fsp3) is 0.429. The number of hydrogen-bond acceptors (Lipinski definition) is 4. The van der Waals surface area contributed by atoms with E-state index in [-0.39, 0.29) is 0 Å². The Kier molecular flexibility index (Phi) is 2.88. The summed E-state index contributed by atoms with van der Waals surface area (Å²) in [7, 11) is 0. The molecule has 4 nitrogen and oxygen atoms in total. The number of para-hydroxylation sites is 2. The highest BCUT2D eigenvalue weighted by Gasteiger charge is 2.29. The van der Waals surface area contributed by atoms with E-state index in [1.165, 1.54) is 0 Å². The van der Waals surface area contributed by atoms with Crippen molar-refractivity contribution in [1.29, 1.82) is 0 Å². The minimum Gasteiger partial charge on any atom is -0.352 e. The molecule has 4 heteroatoms. The third-order valence-electron chi connectivity index (χ3n) is 3.72. The lowest BCUT2D eigenvalue weighted by atomic mass is 10.1. The second kappa shape index (κ2) is 4.53. The van der Waals surface area contributed by atoms with Gasteiger partial charge in [-0.3, -0.25) is 4.98 Å². The molecule has 1 aliphatic heterocycles. The van der Waals surface area contributed by atoms with Crippen molar-refractivity contribution in [3.8, 4) is 0 Å². The quantitative estimate of drug-likeness (QED) is 0.872. The fourth-order valence-corrected chi connectivity index (χ4v) is 2.72. The molecule has 2 atom stereocenters. The number of aromatic nitrogens is 2. The van der Waals surface area contributed by atoms with Gasteiger partial charge in [0.15, 0.2) is 0 Å². The number of nitrogens with zero attached hydrogens (tertiary/aromatic N) is 3. The van der Waals surface area contributed by atoms with Crippen LogP contribution in [0.5, 0.6) is 0 Å². The zero-order valence-electron chi connectivity index (χ0n) is 10.6. The van der Waals surface area contributed by atoms with Crippen LogP contribution in [0.3, 0.4) is 0 Å². The molecule has 0 bridgehead atoms. The first-order chi connectivity index (χ1) is 8.78. The van der Waals surface area contributed by atoms with Crippen LogP contribution in [-0.2, 0) is 0 Å². The van der Waals surface area contributed by atoms with E-state index in [1.54, 1.807) is 0 Å². The molecule has 1 saturated heterocycles. The van der Waals surface area contributed by atoms with E-state index in [4.69, 9.17) is 10.7 Å². The summed E-state index contributed by atoms with van der Waals surface area (Å²) in [6.45, 7) is 3.97. The molecule has 1 aromatic carbocycles. The number of anilines is 1. The van der Waals surface area contributed by atoms with Gasteiger partial charge in [0.1, 0.15) is 5.82 Å². The van der Waals surface area contributed by atoms with Gasteiger partial charge in [-0.2, -0.15) is 0 Å². The molecular formula is C14H18N4. The second-order valence-electron chi connectivity index (χ2n) is 5.06. The molecule has 2 unspecified atom stereocenters. The lowest BCUT2D eigenvalue weighted by Crippen LogP contribution is -2.28. The van der Waals surface area contributed by atoms with E-state index < -0.39 is 0 Å². The average Bonchev–Trinajstić information content (AvgIpc) is 2.79. The largest absolute Gasteiger partial charge is 0.352 e. The van der Waals surface area contributed by atoms with Crippen LogP contribution in [0.15, 0.2) is 30.5 Å². The van der Waals surface area contributed by atoms with Crippen molar-refractivity contribution < 1.29 is 0 Å². The fourth-order valence-electron chi connectivity index (χ4n) is 2.72. The molecule has 1 aromatic heterocycles. The lowest BCUT2D eigenvalue weighted by molar-refractivity contribution is 0.579. The standard InChI is InChI=1S/C14H18N4/c1-10-6-11(7-15)9-18(10)14-8-16-12-4-2-3-5-13(12)17-14/h2-5,8,10-11H,6-7,9,15H2,1H3. The minimum absolute atomic E-state index is 0.494. The van der Waals surface area contributed by atoms with Crippen LogP contribution < -0.4 is 10.6 Å². The molecule has 0 radical (unpaired) electrons. The molecule has 1 aliphatic rings. The van der Waals surface area contributed by atoms with Crippen molar-refractivity contribution in [2.75, 3.05) is 18.0 Å². The molecule has 94 valence electrons. The monoisotopic (exact) mass is 242 g/mol. The minimum atomic E-state index is 0.494. The van der Waals surface area contributed by atoms with Gasteiger partial charge in [-0.1, -0.05) is 12.1 Å². The Bertz CT molecular complexity index is 554. The maximum atomic E-state index is 5.76. The van der Waals surface area contributed by atoms with Gasteiger partial charge in [0.05, 0.1) is 17.2 Å². The van der Waals surface area contributed by atoms with Crippen molar-refractivity contribution in [3.05, 3.63) is 30.5 Å². The Morgan fingerprint density at radius 3 is 2.83 bits per heavy atom. The first-order valence-corrected chi connectivity index (χ1v) is 6.46. The third-order valence-corrected chi connectivity index (χ3v) is 3.72. The molecule has 0 spiro atoms. The first-order valence-electron chi connectivity index (χ1n) is 6.46. The van der Waals surface area contributed by atoms with E-state index in [2.05, 4.69) is 16.8 Å². The lowest BCUT2D eigenvalue weighted by Gasteiger charge is -2.22. The highest BCUT2D eigenvalue weighted by molar-refractivity contribution is 5.75. The number of hydrogen-bond donors (Lipinski definition) is 1. The normalized spacial score (nSPS) is 23.8. The van der Waals surface area contributed by atoms with Crippen molar-refractivity contribution in [2.45, 2.75) is 19.4 Å². The van der Waals surface area contributed by atoms with Crippen LogP contribution in [0.1, 0.15) is 13.3 Å². The highest BCUT2D eigenvalue weighted by Crippen LogP contribution is 2.27. The van der Waals surface area contributed by atoms with Crippen molar-refractivity contribution in [1.82, 2.24) is 9.97 Å². The van der Waals surface area contributed by atoms with Gasteiger partial charge < -0.3 is 10.6 Å². The molecule has 2 heterocycles. The summed E-state index contributed by atoms with van der Waals surface area (Å²) in [5.41, 5.74) is 7.67. The van der Waals surface area contributed by atoms with Gasteiger partial charge in [-0.25, -0.2) is 4.98 Å². The molecule has 2 aromatic rings. The van der Waals surface area contributed by atoms with Gasteiger partial charge >= 0.3 is 0 Å². The van der Waals surface area contributed by atoms with Crippen molar-refractivity contribution in [3.63, 3.8) is 0 Å². The summed E-state index contributed by atoms with van der Waals surface area (Å²) in [5.74, 6) is 1.55. The molecule has 18 heavy (non-hydrogen) atoms. The SMILES string of the molecule is CC1CC(CN)CN1c1cnc2ccccc2n1. The van der Waals surface area contributed by atoms with Crippen LogP contribution in [0.2, 0.25) is 0 Å². The summed E-state index contributed by atoms with van der Waals surface area (Å²) < 4.78 is 0. The Morgan fingerprint density at radius 1 is 1.33 bits per heavy atom. The van der Waals surface area contributed by atoms with E-state index >= 15 is 0 Å². The highest BCUT2D eigenvalue weighted by atomic mass is 15.2. The van der Waals surface area contributed by atoms with Gasteiger partial charge in [0.2, 0.25) is 0 Å². The summed E-state index contributed by atoms with van der Waals surface area (Å²) >= 11 is 0. The second-order valence-corrected chi connectivity index (χ2v) is 5.06. The number of nitrogens with two attached hydrogens (primary N) is 1. The predicted molar refractivity (Wildman–Crippen MR) is 73.5 cm³/mol. The van der Waals surface area contributed by atoms with Gasteiger partial charge in [-0.15, -0.1) is 0 Å². The van der Waals surface area contributed by atoms with E-state index in [0.29, 0.717) is 12.0 Å². The van der Waals surface area contributed by atoms with E-state index in [0.717, 1.165) is 36.4 Å². The molecule has 2 N–H and O–H groups in total. The van der Waals surface area contributed by atoms with E-state index in [9.17, 15) is 0 Å². The summed E-state index contributed by atoms with van der Waals surface area (Å²) in [5, 5.41) is 0. The summed E-state index contributed by atoms with van der Waals surface area (Å²) in [4.78, 5) is 11.5. The molecular weight excluding hydrogens is 224 g/mol.